The van der Waals surface area contributed by atoms with Gasteiger partial charge in [0, 0.05) is 5.56 Å². The number of nitrogens with zero attached hydrogens (tertiary/aromatic N) is 2. The molecule has 0 aliphatic heterocycles. The van der Waals surface area contributed by atoms with Gasteiger partial charge in [0.15, 0.2) is 11.5 Å². The molecule has 0 bridgehead atoms. The van der Waals surface area contributed by atoms with Gasteiger partial charge in [0.25, 0.3) is 0 Å². The number of aromatic amines is 1. The van der Waals surface area contributed by atoms with Gasteiger partial charge >= 0.3 is 0 Å². The van der Waals surface area contributed by atoms with Crippen LogP contribution in [0.1, 0.15) is 16.7 Å². The monoisotopic (exact) mass is 356 g/mol. The zero-order valence-corrected chi connectivity index (χ0v) is 15.0. The molecular formula is C18H20N4O2S. The van der Waals surface area contributed by atoms with E-state index in [1.807, 2.05) is 18.2 Å². The number of benzene rings is 2. The average molecular weight is 356 g/mol. The summed E-state index contributed by atoms with van der Waals surface area (Å²) in [5.74, 6) is 1.41. The van der Waals surface area contributed by atoms with Crippen molar-refractivity contribution in [3.05, 3.63) is 70.3 Å². The number of methoxy groups -OCH3 is 1. The summed E-state index contributed by atoms with van der Waals surface area (Å²) in [6, 6.07) is 14.1. The van der Waals surface area contributed by atoms with Gasteiger partial charge in [-0.05, 0) is 30.8 Å². The average Bonchev–Trinajstić information content (AvgIpc) is 3.04. The molecular weight excluding hydrogens is 336 g/mol. The highest BCUT2D eigenvalue weighted by Crippen LogP contribution is 2.32. The number of ether oxygens (including phenoxy) is 2. The number of aromatic nitrogens is 3. The van der Waals surface area contributed by atoms with Crippen molar-refractivity contribution in [2.24, 2.45) is 0 Å². The van der Waals surface area contributed by atoms with E-state index in [-0.39, 0.29) is 0 Å². The van der Waals surface area contributed by atoms with E-state index >= 15 is 0 Å². The summed E-state index contributed by atoms with van der Waals surface area (Å²) in [4.78, 5) is 0. The molecule has 3 aromatic rings. The van der Waals surface area contributed by atoms with E-state index in [1.165, 1.54) is 5.56 Å². The van der Waals surface area contributed by atoms with Crippen LogP contribution in [0.3, 0.4) is 0 Å². The zero-order chi connectivity index (χ0) is 17.6. The van der Waals surface area contributed by atoms with E-state index in [9.17, 15) is 0 Å². The second-order valence-electron chi connectivity index (χ2n) is 5.59. The molecule has 130 valence electrons. The normalized spacial score (nSPS) is 10.5. The van der Waals surface area contributed by atoms with Gasteiger partial charge in [-0.3, -0.25) is 5.10 Å². The lowest BCUT2D eigenvalue weighted by molar-refractivity contribution is 0.281. The predicted molar refractivity (Wildman–Crippen MR) is 99.0 cm³/mol. The number of hydrogen-bond donors (Lipinski definition) is 2. The van der Waals surface area contributed by atoms with Crippen LogP contribution in [-0.4, -0.2) is 22.0 Å². The summed E-state index contributed by atoms with van der Waals surface area (Å²) in [6.07, 6.45) is 1.59. The Bertz CT molecular complexity index is 887. The number of para-hydroxylation sites is 1. The SMILES string of the molecule is COc1cccc(CNn2cn[nH]c2=S)c1OCc1ccc(C)cc1. The first kappa shape index (κ1) is 17.0. The highest BCUT2D eigenvalue weighted by Gasteiger charge is 2.11. The van der Waals surface area contributed by atoms with Crippen molar-refractivity contribution in [2.75, 3.05) is 12.5 Å². The van der Waals surface area contributed by atoms with E-state index in [0.717, 1.165) is 11.1 Å². The van der Waals surface area contributed by atoms with Crippen LogP contribution in [0.25, 0.3) is 0 Å². The van der Waals surface area contributed by atoms with Crippen LogP contribution < -0.4 is 14.9 Å². The largest absolute Gasteiger partial charge is 0.493 e. The number of rotatable bonds is 7. The molecule has 0 saturated heterocycles. The fourth-order valence-corrected chi connectivity index (χ4v) is 2.56. The van der Waals surface area contributed by atoms with Crippen LogP contribution in [0.2, 0.25) is 0 Å². The third kappa shape index (κ3) is 4.19. The molecule has 6 nitrogen and oxygen atoms in total. The summed E-state index contributed by atoms with van der Waals surface area (Å²) in [6.45, 7) is 3.06. The maximum atomic E-state index is 6.06. The summed E-state index contributed by atoms with van der Waals surface area (Å²) in [7, 11) is 1.64. The molecule has 2 aromatic carbocycles. The Labute approximate surface area is 151 Å². The fourth-order valence-electron chi connectivity index (χ4n) is 2.40. The van der Waals surface area contributed by atoms with Gasteiger partial charge in [-0.2, -0.15) is 5.10 Å². The summed E-state index contributed by atoms with van der Waals surface area (Å²) in [5, 5.41) is 6.59. The van der Waals surface area contributed by atoms with E-state index in [0.29, 0.717) is 29.4 Å². The minimum absolute atomic E-state index is 0.471. The molecule has 2 N–H and O–H groups in total. The van der Waals surface area contributed by atoms with Crippen LogP contribution >= 0.6 is 12.2 Å². The van der Waals surface area contributed by atoms with Gasteiger partial charge in [-0.15, -0.1) is 0 Å². The van der Waals surface area contributed by atoms with Crippen molar-refractivity contribution in [1.29, 1.82) is 0 Å². The van der Waals surface area contributed by atoms with Crippen LogP contribution in [-0.2, 0) is 13.2 Å². The fraction of sp³-hybridized carbons (Fsp3) is 0.222. The van der Waals surface area contributed by atoms with Crippen LogP contribution in [0, 0.1) is 11.7 Å². The van der Waals surface area contributed by atoms with Gasteiger partial charge in [0.2, 0.25) is 4.77 Å². The molecule has 0 amide bonds. The highest BCUT2D eigenvalue weighted by atomic mass is 32.1. The number of aryl methyl sites for hydroxylation is 1. The van der Waals surface area contributed by atoms with E-state index in [4.69, 9.17) is 21.7 Å². The molecule has 0 unspecified atom stereocenters. The summed E-state index contributed by atoms with van der Waals surface area (Å²) >= 11 is 5.13. The minimum Gasteiger partial charge on any atom is -0.493 e. The predicted octanol–water partition coefficient (Wildman–Crippen LogP) is 3.58. The molecule has 0 saturated carbocycles. The quantitative estimate of drug-likeness (QED) is 0.634. The molecule has 0 aliphatic carbocycles. The zero-order valence-electron chi connectivity index (χ0n) is 14.2. The Hall–Kier alpha value is -2.80. The molecule has 0 spiro atoms. The molecule has 7 heteroatoms. The highest BCUT2D eigenvalue weighted by molar-refractivity contribution is 7.71. The molecule has 1 aromatic heterocycles. The van der Waals surface area contributed by atoms with E-state index in [1.54, 1.807) is 18.1 Å². The number of nitrogens with one attached hydrogen (secondary N) is 2. The molecule has 0 aliphatic rings. The van der Waals surface area contributed by atoms with Crippen molar-refractivity contribution in [1.82, 2.24) is 14.9 Å². The smallest absolute Gasteiger partial charge is 0.214 e. The number of H-pyrrole nitrogens is 1. The van der Waals surface area contributed by atoms with Crippen molar-refractivity contribution in [3.8, 4) is 11.5 Å². The van der Waals surface area contributed by atoms with Gasteiger partial charge in [-0.25, -0.2) is 4.68 Å². The molecule has 1 heterocycles. The van der Waals surface area contributed by atoms with E-state index in [2.05, 4.69) is 46.8 Å². The van der Waals surface area contributed by atoms with Crippen LogP contribution in [0.5, 0.6) is 11.5 Å². The molecule has 0 fully saturated rings. The minimum atomic E-state index is 0.471. The van der Waals surface area contributed by atoms with E-state index < -0.39 is 0 Å². The lowest BCUT2D eigenvalue weighted by Gasteiger charge is -2.16. The maximum absolute atomic E-state index is 6.06. The summed E-state index contributed by atoms with van der Waals surface area (Å²) < 4.78 is 13.7. The first-order chi connectivity index (χ1) is 12.2. The lowest BCUT2D eigenvalue weighted by Crippen LogP contribution is -2.14. The Balaban J connectivity index is 1.77. The first-order valence-corrected chi connectivity index (χ1v) is 8.28. The topological polar surface area (TPSA) is 64.1 Å². The lowest BCUT2D eigenvalue weighted by atomic mass is 10.1. The molecule has 0 atom stereocenters. The maximum Gasteiger partial charge on any atom is 0.214 e. The van der Waals surface area contributed by atoms with Crippen molar-refractivity contribution in [2.45, 2.75) is 20.1 Å². The van der Waals surface area contributed by atoms with Crippen molar-refractivity contribution < 1.29 is 9.47 Å². The second-order valence-corrected chi connectivity index (χ2v) is 5.98. The van der Waals surface area contributed by atoms with Gasteiger partial charge in [-0.1, -0.05) is 42.0 Å². The number of hydrogen-bond acceptors (Lipinski definition) is 5. The molecule has 0 radical (unpaired) electrons. The first-order valence-electron chi connectivity index (χ1n) is 7.87. The third-order valence-corrected chi connectivity index (χ3v) is 4.06. The molecule has 25 heavy (non-hydrogen) atoms. The Kier molecular flexibility index (Phi) is 5.35. The second kappa shape index (κ2) is 7.85. The molecule has 3 rings (SSSR count). The Morgan fingerprint density at radius 2 is 2.00 bits per heavy atom. The summed E-state index contributed by atoms with van der Waals surface area (Å²) in [5.41, 5.74) is 6.49. The van der Waals surface area contributed by atoms with Gasteiger partial charge in [0.05, 0.1) is 13.7 Å². The Morgan fingerprint density at radius 3 is 2.68 bits per heavy atom. The van der Waals surface area contributed by atoms with Gasteiger partial charge in [0.1, 0.15) is 12.9 Å². The standard InChI is InChI=1S/C18H20N4O2S/c1-13-6-8-14(9-7-13)11-24-17-15(4-3-5-16(17)23-2)10-20-22-12-19-21-18(22)25/h3-9,12,20H,10-11H2,1-2H3,(H,21,25). The van der Waals surface area contributed by atoms with Crippen LogP contribution in [0.15, 0.2) is 48.8 Å². The Morgan fingerprint density at radius 1 is 1.20 bits per heavy atom. The van der Waals surface area contributed by atoms with Crippen molar-refractivity contribution >= 4 is 12.2 Å². The third-order valence-electron chi connectivity index (χ3n) is 3.78. The van der Waals surface area contributed by atoms with Gasteiger partial charge < -0.3 is 14.9 Å². The van der Waals surface area contributed by atoms with Crippen molar-refractivity contribution in [3.63, 3.8) is 0 Å². The van der Waals surface area contributed by atoms with Crippen LogP contribution in [0.4, 0.5) is 0 Å².